The van der Waals surface area contributed by atoms with Crippen molar-refractivity contribution in [2.24, 2.45) is 0 Å². The Kier molecular flexibility index (Phi) is 2.34. The van der Waals surface area contributed by atoms with Crippen LogP contribution >= 0.6 is 0 Å². The number of nitrogens with one attached hydrogen (secondary N) is 1. The highest BCUT2D eigenvalue weighted by Crippen LogP contribution is 2.16. The van der Waals surface area contributed by atoms with Gasteiger partial charge in [-0.15, -0.1) is 0 Å². The average molecular weight is 221 g/mol. The number of halogens is 1. The van der Waals surface area contributed by atoms with Crippen molar-refractivity contribution in [3.63, 3.8) is 0 Å². The lowest BCUT2D eigenvalue weighted by molar-refractivity contribution is 0.0758. The summed E-state index contributed by atoms with van der Waals surface area (Å²) in [7, 11) is 0. The minimum absolute atomic E-state index is 0.108. The van der Waals surface area contributed by atoms with E-state index in [0.29, 0.717) is 6.61 Å². The lowest BCUT2D eigenvalue weighted by Crippen LogP contribution is -2.34. The van der Waals surface area contributed by atoms with Crippen LogP contribution in [0.5, 0.6) is 0 Å². The van der Waals surface area contributed by atoms with Crippen molar-refractivity contribution in [3.05, 3.63) is 36.0 Å². The van der Waals surface area contributed by atoms with Gasteiger partial charge in [0.25, 0.3) is 0 Å². The van der Waals surface area contributed by atoms with E-state index in [2.05, 4.69) is 10.3 Å². The molecular weight excluding hydrogens is 209 g/mol. The van der Waals surface area contributed by atoms with E-state index in [9.17, 15) is 4.39 Å². The molecule has 0 radical (unpaired) electrons. The van der Waals surface area contributed by atoms with Crippen LogP contribution in [0.2, 0.25) is 0 Å². The molecule has 1 fully saturated rings. The summed E-state index contributed by atoms with van der Waals surface area (Å²) in [5.41, 5.74) is 1.65. The summed E-state index contributed by atoms with van der Waals surface area (Å²) in [6.07, 6.45) is 3.26. The van der Waals surface area contributed by atoms with E-state index in [4.69, 9.17) is 4.74 Å². The highest BCUT2D eigenvalue weighted by Gasteiger charge is 2.18. The smallest absolute Gasteiger partial charge is 0.139 e. The molecule has 2 aromatic heterocycles. The van der Waals surface area contributed by atoms with Crippen LogP contribution in [0.3, 0.4) is 0 Å². The van der Waals surface area contributed by atoms with Crippen molar-refractivity contribution < 1.29 is 9.13 Å². The first-order valence-corrected chi connectivity index (χ1v) is 5.28. The van der Waals surface area contributed by atoms with Gasteiger partial charge in [-0.25, -0.2) is 9.37 Å². The Morgan fingerprint density at radius 2 is 2.38 bits per heavy atom. The first-order chi connectivity index (χ1) is 7.83. The number of rotatable bonds is 1. The molecule has 84 valence electrons. The number of aromatic nitrogens is 2. The zero-order valence-corrected chi connectivity index (χ0v) is 8.69. The van der Waals surface area contributed by atoms with Crippen molar-refractivity contribution >= 4 is 5.65 Å². The minimum Gasteiger partial charge on any atom is -0.378 e. The standard InChI is InChI=1S/C11H12FN3O/c12-8-1-2-11-14-9(6-15(11)5-8)10-7-16-4-3-13-10/h1-2,5-6,10,13H,3-4,7H2. The number of imidazole rings is 1. The molecule has 1 atom stereocenters. The van der Waals surface area contributed by atoms with E-state index in [-0.39, 0.29) is 11.9 Å². The summed E-state index contributed by atoms with van der Waals surface area (Å²) >= 11 is 0. The summed E-state index contributed by atoms with van der Waals surface area (Å²) in [4.78, 5) is 4.43. The Bertz CT molecular complexity index is 505. The zero-order chi connectivity index (χ0) is 11.0. The summed E-state index contributed by atoms with van der Waals surface area (Å²) in [6.45, 7) is 2.18. The maximum absolute atomic E-state index is 13.0. The molecule has 16 heavy (non-hydrogen) atoms. The van der Waals surface area contributed by atoms with Crippen molar-refractivity contribution in [2.75, 3.05) is 19.8 Å². The van der Waals surface area contributed by atoms with E-state index in [1.165, 1.54) is 12.3 Å². The van der Waals surface area contributed by atoms with Gasteiger partial charge in [-0.2, -0.15) is 0 Å². The molecule has 1 unspecified atom stereocenters. The molecule has 3 rings (SSSR count). The van der Waals surface area contributed by atoms with Gasteiger partial charge in [0.05, 0.1) is 24.9 Å². The first-order valence-electron chi connectivity index (χ1n) is 5.28. The van der Waals surface area contributed by atoms with Gasteiger partial charge in [0, 0.05) is 18.9 Å². The maximum atomic E-state index is 13.0. The maximum Gasteiger partial charge on any atom is 0.139 e. The monoisotopic (exact) mass is 221 g/mol. The number of fused-ring (bicyclic) bond motifs is 1. The van der Waals surface area contributed by atoms with Crippen LogP contribution in [-0.4, -0.2) is 29.1 Å². The highest BCUT2D eigenvalue weighted by molar-refractivity contribution is 5.40. The van der Waals surface area contributed by atoms with Crippen molar-refractivity contribution in [3.8, 4) is 0 Å². The van der Waals surface area contributed by atoms with Gasteiger partial charge in [-0.05, 0) is 12.1 Å². The molecule has 0 bridgehead atoms. The predicted octanol–water partition coefficient (Wildman–Crippen LogP) is 1.13. The molecular formula is C11H12FN3O. The van der Waals surface area contributed by atoms with Gasteiger partial charge in [0.1, 0.15) is 11.5 Å². The Morgan fingerprint density at radius 3 is 3.19 bits per heavy atom. The van der Waals surface area contributed by atoms with Crippen LogP contribution in [0, 0.1) is 5.82 Å². The van der Waals surface area contributed by atoms with E-state index in [1.807, 2.05) is 6.20 Å². The van der Waals surface area contributed by atoms with Gasteiger partial charge in [0.2, 0.25) is 0 Å². The molecule has 0 spiro atoms. The minimum atomic E-state index is -0.260. The average Bonchev–Trinajstić information content (AvgIpc) is 2.73. The molecule has 1 aliphatic rings. The number of morpholine rings is 1. The topological polar surface area (TPSA) is 38.6 Å². The predicted molar refractivity (Wildman–Crippen MR) is 56.7 cm³/mol. The van der Waals surface area contributed by atoms with Crippen molar-refractivity contribution in [1.82, 2.24) is 14.7 Å². The largest absolute Gasteiger partial charge is 0.378 e. The second kappa shape index (κ2) is 3.84. The Balaban J connectivity index is 1.97. The van der Waals surface area contributed by atoms with Gasteiger partial charge < -0.3 is 14.5 Å². The number of hydrogen-bond donors (Lipinski definition) is 1. The number of hydrogen-bond acceptors (Lipinski definition) is 3. The van der Waals surface area contributed by atoms with E-state index in [1.54, 1.807) is 10.5 Å². The SMILES string of the molecule is Fc1ccc2nc(C3COCCN3)cn2c1. The molecule has 1 aliphatic heterocycles. The molecule has 0 amide bonds. The lowest BCUT2D eigenvalue weighted by atomic mass is 10.2. The van der Waals surface area contributed by atoms with Crippen LogP contribution in [0.25, 0.3) is 5.65 Å². The Morgan fingerprint density at radius 1 is 1.44 bits per heavy atom. The number of ether oxygens (including phenoxy) is 1. The van der Waals surface area contributed by atoms with Gasteiger partial charge in [-0.1, -0.05) is 0 Å². The van der Waals surface area contributed by atoms with Crippen LogP contribution in [0.4, 0.5) is 4.39 Å². The fraction of sp³-hybridized carbons (Fsp3) is 0.364. The number of pyridine rings is 1. The van der Waals surface area contributed by atoms with E-state index < -0.39 is 0 Å². The van der Waals surface area contributed by atoms with Crippen LogP contribution in [0.15, 0.2) is 24.5 Å². The summed E-state index contributed by atoms with van der Waals surface area (Å²) < 4.78 is 20.1. The molecule has 0 saturated carbocycles. The van der Waals surface area contributed by atoms with E-state index in [0.717, 1.165) is 24.5 Å². The highest BCUT2D eigenvalue weighted by atomic mass is 19.1. The third-order valence-corrected chi connectivity index (χ3v) is 2.71. The van der Waals surface area contributed by atoms with Crippen LogP contribution in [0.1, 0.15) is 11.7 Å². The lowest BCUT2D eigenvalue weighted by Gasteiger charge is -2.21. The third-order valence-electron chi connectivity index (χ3n) is 2.71. The summed E-state index contributed by atoms with van der Waals surface area (Å²) in [6, 6.07) is 3.19. The molecule has 1 saturated heterocycles. The molecule has 0 aromatic carbocycles. The molecule has 1 N–H and O–H groups in total. The van der Waals surface area contributed by atoms with E-state index >= 15 is 0 Å². The second-order valence-corrected chi connectivity index (χ2v) is 3.86. The third kappa shape index (κ3) is 1.68. The quantitative estimate of drug-likeness (QED) is 0.784. The van der Waals surface area contributed by atoms with Gasteiger partial charge >= 0.3 is 0 Å². The second-order valence-electron chi connectivity index (χ2n) is 3.86. The number of nitrogens with zero attached hydrogens (tertiary/aromatic N) is 2. The Hall–Kier alpha value is -1.46. The fourth-order valence-corrected chi connectivity index (χ4v) is 1.91. The molecule has 4 nitrogen and oxygen atoms in total. The summed E-state index contributed by atoms with van der Waals surface area (Å²) in [5, 5.41) is 3.32. The normalized spacial score (nSPS) is 21.4. The fourth-order valence-electron chi connectivity index (χ4n) is 1.91. The zero-order valence-electron chi connectivity index (χ0n) is 8.69. The molecule has 3 heterocycles. The first kappa shape index (κ1) is 9.74. The van der Waals surface area contributed by atoms with Crippen molar-refractivity contribution in [2.45, 2.75) is 6.04 Å². The van der Waals surface area contributed by atoms with Crippen LogP contribution < -0.4 is 5.32 Å². The van der Waals surface area contributed by atoms with Gasteiger partial charge in [0.15, 0.2) is 0 Å². The van der Waals surface area contributed by atoms with Crippen molar-refractivity contribution in [1.29, 1.82) is 0 Å². The molecule has 2 aromatic rings. The molecule has 5 heteroatoms. The Labute approximate surface area is 92.1 Å². The summed E-state index contributed by atoms with van der Waals surface area (Å²) in [5.74, 6) is -0.260. The van der Waals surface area contributed by atoms with Crippen LogP contribution in [-0.2, 0) is 4.74 Å². The van der Waals surface area contributed by atoms with Gasteiger partial charge in [-0.3, -0.25) is 0 Å². The molecule has 0 aliphatic carbocycles.